The predicted octanol–water partition coefficient (Wildman–Crippen LogP) is 8.99. The molecule has 7 aromatic rings. The van der Waals surface area contributed by atoms with Crippen molar-refractivity contribution in [2.24, 2.45) is 4.99 Å². The molecule has 0 bridgehead atoms. The predicted molar refractivity (Wildman–Crippen MR) is 189 cm³/mol. The molecule has 0 spiro atoms. The largest absolute Gasteiger partial charge is 0.457 e. The average molecular weight is 620 g/mol. The Morgan fingerprint density at radius 1 is 0.542 bits per heavy atom. The van der Waals surface area contributed by atoms with E-state index in [-0.39, 0.29) is 6.17 Å². The van der Waals surface area contributed by atoms with Gasteiger partial charge in [0.05, 0.1) is 22.8 Å². The lowest BCUT2D eigenvalue weighted by Gasteiger charge is -2.40. The Hall–Kier alpha value is -6.40. The van der Waals surface area contributed by atoms with Crippen molar-refractivity contribution < 1.29 is 4.74 Å². The van der Waals surface area contributed by atoms with Gasteiger partial charge in [0.2, 0.25) is 0 Å². The number of rotatable bonds is 5. The van der Waals surface area contributed by atoms with Crippen molar-refractivity contribution in [2.45, 2.75) is 11.6 Å². The number of aliphatic imine (C=N–C) groups is 1. The van der Waals surface area contributed by atoms with Gasteiger partial charge in [-0.05, 0) is 78.4 Å². The lowest BCUT2D eigenvalue weighted by atomic mass is 9.67. The minimum absolute atomic E-state index is 0.303. The van der Waals surface area contributed by atoms with E-state index in [1.54, 1.807) is 0 Å². The molecule has 1 N–H and O–H groups in total. The molecule has 0 aliphatic carbocycles. The first-order valence-corrected chi connectivity index (χ1v) is 16.0. The Morgan fingerprint density at radius 2 is 1.25 bits per heavy atom. The summed E-state index contributed by atoms with van der Waals surface area (Å²) in [5.41, 5.74) is 9.83. The fourth-order valence-electron chi connectivity index (χ4n) is 7.02. The molecule has 0 fully saturated rings. The molecule has 6 heteroatoms. The van der Waals surface area contributed by atoms with E-state index in [1.807, 2.05) is 73.2 Å². The maximum atomic E-state index is 6.62. The van der Waals surface area contributed by atoms with E-state index in [0.29, 0.717) is 0 Å². The average Bonchev–Trinajstić information content (AvgIpc) is 3.17. The molecule has 48 heavy (non-hydrogen) atoms. The van der Waals surface area contributed by atoms with Crippen molar-refractivity contribution in [3.05, 3.63) is 203 Å². The maximum Gasteiger partial charge on any atom is 0.145 e. The van der Waals surface area contributed by atoms with Crippen LogP contribution in [0.3, 0.4) is 0 Å². The number of pyridine rings is 3. The Labute approximate surface area is 278 Å². The fourth-order valence-corrected chi connectivity index (χ4v) is 7.02. The van der Waals surface area contributed by atoms with E-state index in [9.17, 15) is 0 Å². The first kappa shape index (κ1) is 27.9. The van der Waals surface area contributed by atoms with Gasteiger partial charge in [0.15, 0.2) is 0 Å². The highest BCUT2D eigenvalue weighted by molar-refractivity contribution is 6.17. The Morgan fingerprint density at radius 3 is 2.02 bits per heavy atom. The second-order valence-electron chi connectivity index (χ2n) is 11.9. The molecule has 1 atom stereocenters. The summed E-state index contributed by atoms with van der Waals surface area (Å²) in [6, 6.07) is 49.5. The summed E-state index contributed by atoms with van der Waals surface area (Å²) >= 11 is 0. The molecule has 0 radical (unpaired) electrons. The van der Waals surface area contributed by atoms with Gasteiger partial charge in [-0.25, -0.2) is 0 Å². The quantitative estimate of drug-likeness (QED) is 0.208. The molecule has 9 rings (SSSR count). The molecule has 0 saturated heterocycles. The zero-order valence-corrected chi connectivity index (χ0v) is 25.9. The van der Waals surface area contributed by atoms with Crippen LogP contribution in [-0.2, 0) is 5.41 Å². The van der Waals surface area contributed by atoms with Crippen molar-refractivity contribution in [1.82, 2.24) is 15.0 Å². The number of hydrogen-bond acceptors (Lipinski definition) is 6. The highest BCUT2D eigenvalue weighted by Gasteiger charge is 2.47. The molecule has 0 amide bonds. The van der Waals surface area contributed by atoms with E-state index in [2.05, 4.69) is 101 Å². The molecular formula is C42H29N5O. The van der Waals surface area contributed by atoms with Crippen LogP contribution in [0.4, 0.5) is 5.69 Å². The number of aromatic nitrogens is 3. The molecule has 2 aliphatic heterocycles. The summed E-state index contributed by atoms with van der Waals surface area (Å²) < 4.78 is 6.62. The standard InChI is InChI=1S/C42H29N5O/c1-3-17-35-31(14-1)40(47-41(46-35)30-13-11-12-28(26-30)34-16-5-8-23-43-34)29-21-22-37-33(27-29)42(38-19-6-9-24-44-38,39-20-7-10-25-45-39)32-15-2-4-18-36(32)48-37/h1-27,41,46H. The lowest BCUT2D eigenvalue weighted by molar-refractivity contribution is 0.430. The third-order valence-electron chi connectivity index (χ3n) is 9.16. The smallest absolute Gasteiger partial charge is 0.145 e. The molecule has 1 unspecified atom stereocenters. The van der Waals surface area contributed by atoms with Crippen molar-refractivity contribution in [3.8, 4) is 22.8 Å². The van der Waals surface area contributed by atoms with Crippen LogP contribution in [0, 0.1) is 0 Å². The number of ether oxygens (including phenoxy) is 1. The Balaban J connectivity index is 1.26. The molecule has 3 aromatic heterocycles. The van der Waals surface area contributed by atoms with Gasteiger partial charge in [0.25, 0.3) is 0 Å². The summed E-state index contributed by atoms with van der Waals surface area (Å²) in [5, 5.41) is 3.68. The van der Waals surface area contributed by atoms with Gasteiger partial charge in [-0.2, -0.15) is 0 Å². The number of benzene rings is 4. The molecule has 2 aliphatic rings. The summed E-state index contributed by atoms with van der Waals surface area (Å²) in [5.74, 6) is 1.54. The lowest BCUT2D eigenvalue weighted by Crippen LogP contribution is -2.36. The zero-order valence-electron chi connectivity index (χ0n) is 25.9. The van der Waals surface area contributed by atoms with Crippen LogP contribution < -0.4 is 10.1 Å². The number of hydrogen-bond donors (Lipinski definition) is 1. The fraction of sp³-hybridized carbons (Fsp3) is 0.0476. The second-order valence-corrected chi connectivity index (χ2v) is 11.9. The van der Waals surface area contributed by atoms with Crippen LogP contribution in [0.2, 0.25) is 0 Å². The Kier molecular flexibility index (Phi) is 6.64. The highest BCUT2D eigenvalue weighted by atomic mass is 16.5. The van der Waals surface area contributed by atoms with Crippen LogP contribution >= 0.6 is 0 Å². The second kappa shape index (κ2) is 11.4. The van der Waals surface area contributed by atoms with Crippen LogP contribution in [0.25, 0.3) is 11.3 Å². The van der Waals surface area contributed by atoms with Crippen molar-refractivity contribution in [2.75, 3.05) is 5.32 Å². The minimum Gasteiger partial charge on any atom is -0.457 e. The topological polar surface area (TPSA) is 72.3 Å². The summed E-state index contributed by atoms with van der Waals surface area (Å²) in [6.45, 7) is 0. The van der Waals surface area contributed by atoms with Crippen molar-refractivity contribution in [1.29, 1.82) is 0 Å². The first-order valence-electron chi connectivity index (χ1n) is 16.0. The van der Waals surface area contributed by atoms with E-state index < -0.39 is 5.41 Å². The number of nitrogens with zero attached hydrogens (tertiary/aromatic N) is 4. The SMILES string of the molecule is c1ccc(-c2cccc(C3N=C(c4ccc5c(c4)C(c4ccccn4)(c4ccccn4)c4ccccc4O5)c4ccccc4N3)c2)nc1. The van der Waals surface area contributed by atoms with Crippen LogP contribution in [0.1, 0.15) is 45.4 Å². The van der Waals surface area contributed by atoms with Crippen LogP contribution in [0.15, 0.2) is 169 Å². The zero-order chi connectivity index (χ0) is 31.9. The van der Waals surface area contributed by atoms with Gasteiger partial charge in [0, 0.05) is 52.1 Å². The molecule has 6 nitrogen and oxygen atoms in total. The summed E-state index contributed by atoms with van der Waals surface area (Å²) in [4.78, 5) is 19.9. The first-order chi connectivity index (χ1) is 23.8. The van der Waals surface area contributed by atoms with Crippen molar-refractivity contribution >= 4 is 11.4 Å². The van der Waals surface area contributed by atoms with E-state index in [4.69, 9.17) is 19.7 Å². The van der Waals surface area contributed by atoms with E-state index >= 15 is 0 Å². The number of anilines is 1. The maximum absolute atomic E-state index is 6.62. The van der Waals surface area contributed by atoms with Crippen LogP contribution in [-0.4, -0.2) is 20.7 Å². The van der Waals surface area contributed by atoms with Gasteiger partial charge < -0.3 is 10.1 Å². The van der Waals surface area contributed by atoms with Gasteiger partial charge >= 0.3 is 0 Å². The highest BCUT2D eigenvalue weighted by Crippen LogP contribution is 2.54. The van der Waals surface area contributed by atoms with Gasteiger partial charge in [-0.1, -0.05) is 72.8 Å². The van der Waals surface area contributed by atoms with Gasteiger partial charge in [-0.3, -0.25) is 19.9 Å². The third kappa shape index (κ3) is 4.49. The Bertz CT molecular complexity index is 2270. The molecule has 5 heterocycles. The van der Waals surface area contributed by atoms with Gasteiger partial charge in [-0.15, -0.1) is 0 Å². The van der Waals surface area contributed by atoms with Crippen molar-refractivity contribution in [3.63, 3.8) is 0 Å². The normalized spacial score (nSPS) is 15.5. The third-order valence-corrected chi connectivity index (χ3v) is 9.16. The summed E-state index contributed by atoms with van der Waals surface area (Å²) in [7, 11) is 0. The molecular weight excluding hydrogens is 590 g/mol. The van der Waals surface area contributed by atoms with Gasteiger partial charge in [0.1, 0.15) is 23.1 Å². The molecule has 0 saturated carbocycles. The molecule has 4 aromatic carbocycles. The number of fused-ring (bicyclic) bond motifs is 3. The van der Waals surface area contributed by atoms with E-state index in [1.165, 1.54) is 0 Å². The molecule has 228 valence electrons. The van der Waals surface area contributed by atoms with Crippen LogP contribution in [0.5, 0.6) is 11.5 Å². The monoisotopic (exact) mass is 619 g/mol. The minimum atomic E-state index is -0.827. The van der Waals surface area contributed by atoms with E-state index in [0.717, 1.165) is 73.4 Å². The summed E-state index contributed by atoms with van der Waals surface area (Å²) in [6.07, 6.45) is 5.21. The number of nitrogens with one attached hydrogen (secondary N) is 1. The number of para-hydroxylation sites is 2.